The van der Waals surface area contributed by atoms with Gasteiger partial charge in [0.05, 0.1) is 6.10 Å². The van der Waals surface area contributed by atoms with Crippen LogP contribution in [0.15, 0.2) is 0 Å². The van der Waals surface area contributed by atoms with Crippen molar-refractivity contribution in [3.8, 4) is 0 Å². The van der Waals surface area contributed by atoms with Gasteiger partial charge in [0.1, 0.15) is 24.1 Å². The number of Topliss-reactive ketones (excluding diaryl/α,β-unsaturated/α-hetero) is 1. The Balaban J connectivity index is 1.30. The number of hydrogen-bond donors (Lipinski definition) is 4. The second-order valence-corrected chi connectivity index (χ2v) is 12.3. The van der Waals surface area contributed by atoms with Gasteiger partial charge in [0.15, 0.2) is 12.4 Å². The van der Waals surface area contributed by atoms with E-state index in [1.54, 1.807) is 0 Å². The van der Waals surface area contributed by atoms with Gasteiger partial charge in [-0.05, 0) is 80.0 Å². The Hall–Kier alpha value is -1.06. The number of aliphatic carboxylic acids is 1. The lowest BCUT2D eigenvalue weighted by atomic mass is 9.43. The average molecular weight is 481 g/mol. The lowest BCUT2D eigenvalue weighted by molar-refractivity contribution is -0.311. The summed E-state index contributed by atoms with van der Waals surface area (Å²) in [5.41, 5.74) is 0.0234. The molecule has 1 aliphatic heterocycles. The van der Waals surface area contributed by atoms with Crippen LogP contribution in [0.25, 0.3) is 0 Å². The van der Waals surface area contributed by atoms with Crippen molar-refractivity contribution in [3.05, 3.63) is 0 Å². The molecule has 8 heteroatoms. The number of ketones is 1. The molecule has 13 atom stereocenters. The van der Waals surface area contributed by atoms with Gasteiger partial charge in [-0.3, -0.25) is 4.79 Å². The minimum absolute atomic E-state index is 0.130. The van der Waals surface area contributed by atoms with Crippen LogP contribution in [0.5, 0.6) is 0 Å². The molecule has 1 heterocycles. The zero-order valence-electron chi connectivity index (χ0n) is 20.4. The fourth-order valence-corrected chi connectivity index (χ4v) is 8.91. The average Bonchev–Trinajstić information content (AvgIpc) is 3.09. The smallest absolute Gasteiger partial charge is 0.335 e. The minimum Gasteiger partial charge on any atom is -0.479 e. The first-order valence-corrected chi connectivity index (χ1v) is 13.1. The predicted molar refractivity (Wildman–Crippen MR) is 120 cm³/mol. The van der Waals surface area contributed by atoms with E-state index in [0.717, 1.165) is 51.4 Å². The van der Waals surface area contributed by atoms with Crippen LogP contribution in [0, 0.1) is 40.4 Å². The van der Waals surface area contributed by atoms with Crippen LogP contribution in [0.4, 0.5) is 0 Å². The second-order valence-electron chi connectivity index (χ2n) is 12.3. The van der Waals surface area contributed by atoms with E-state index in [1.165, 1.54) is 0 Å². The molecule has 0 aromatic heterocycles. The Morgan fingerprint density at radius 2 is 1.74 bits per heavy atom. The Morgan fingerprint density at radius 1 is 1.00 bits per heavy atom. The summed E-state index contributed by atoms with van der Waals surface area (Å²) < 4.78 is 11.5. The molecule has 192 valence electrons. The van der Waals surface area contributed by atoms with Gasteiger partial charge in [-0.15, -0.1) is 0 Å². The van der Waals surface area contributed by atoms with Gasteiger partial charge in [-0.25, -0.2) is 4.79 Å². The molecule has 4 N–H and O–H groups in total. The molecule has 4 saturated carbocycles. The number of carboxylic acid groups (broad SMARTS) is 1. The Bertz CT molecular complexity index is 832. The summed E-state index contributed by atoms with van der Waals surface area (Å²) >= 11 is 0. The fourth-order valence-electron chi connectivity index (χ4n) is 8.91. The third kappa shape index (κ3) is 3.51. The molecule has 5 rings (SSSR count). The molecule has 1 saturated heterocycles. The first-order chi connectivity index (χ1) is 16.0. The first kappa shape index (κ1) is 24.6. The quantitative estimate of drug-likeness (QED) is 0.452. The molecule has 4 aliphatic carbocycles. The second kappa shape index (κ2) is 8.51. The van der Waals surface area contributed by atoms with Crippen molar-refractivity contribution in [2.75, 3.05) is 0 Å². The molecule has 0 aromatic rings. The molecule has 34 heavy (non-hydrogen) atoms. The number of ether oxygens (including phenoxy) is 2. The van der Waals surface area contributed by atoms with Crippen molar-refractivity contribution in [1.29, 1.82) is 0 Å². The molecular formula is C26H40O8. The number of rotatable bonds is 3. The van der Waals surface area contributed by atoms with Crippen LogP contribution in [-0.4, -0.2) is 69.0 Å². The zero-order chi connectivity index (χ0) is 24.6. The van der Waals surface area contributed by atoms with Gasteiger partial charge in [-0.2, -0.15) is 0 Å². The number of fused-ring (bicyclic) bond motifs is 5. The van der Waals surface area contributed by atoms with Gasteiger partial charge in [-0.1, -0.05) is 20.8 Å². The van der Waals surface area contributed by atoms with E-state index >= 15 is 0 Å². The van der Waals surface area contributed by atoms with Crippen molar-refractivity contribution < 1.29 is 39.5 Å². The van der Waals surface area contributed by atoms with Crippen LogP contribution in [0.3, 0.4) is 0 Å². The Kier molecular flexibility index (Phi) is 6.16. The number of aliphatic hydroxyl groups excluding tert-OH is 3. The summed E-state index contributed by atoms with van der Waals surface area (Å²) in [5, 5.41) is 39.8. The molecule has 5 aliphatic rings. The van der Waals surface area contributed by atoms with Gasteiger partial charge in [0, 0.05) is 11.8 Å². The maximum atomic E-state index is 12.7. The van der Waals surface area contributed by atoms with Crippen LogP contribution in [-0.2, 0) is 19.1 Å². The summed E-state index contributed by atoms with van der Waals surface area (Å²) in [4.78, 5) is 24.1. The monoisotopic (exact) mass is 480 g/mol. The highest BCUT2D eigenvalue weighted by Crippen LogP contribution is 2.66. The third-order valence-corrected chi connectivity index (χ3v) is 11.0. The van der Waals surface area contributed by atoms with E-state index in [1.807, 2.05) is 0 Å². The van der Waals surface area contributed by atoms with Crippen molar-refractivity contribution in [2.45, 2.75) is 109 Å². The van der Waals surface area contributed by atoms with Crippen LogP contribution >= 0.6 is 0 Å². The zero-order valence-corrected chi connectivity index (χ0v) is 20.4. The normalized spacial score (nSPS) is 55.2. The lowest BCUT2D eigenvalue weighted by Crippen LogP contribution is -2.61. The van der Waals surface area contributed by atoms with Crippen LogP contribution < -0.4 is 0 Å². The number of carbonyl (C=O) groups excluding carboxylic acids is 1. The minimum atomic E-state index is -1.71. The van der Waals surface area contributed by atoms with Crippen molar-refractivity contribution in [2.24, 2.45) is 40.4 Å². The van der Waals surface area contributed by atoms with E-state index in [9.17, 15) is 30.0 Å². The largest absolute Gasteiger partial charge is 0.479 e. The molecule has 8 nitrogen and oxygen atoms in total. The van der Waals surface area contributed by atoms with Crippen molar-refractivity contribution in [1.82, 2.24) is 0 Å². The van der Waals surface area contributed by atoms with E-state index in [-0.39, 0.29) is 16.9 Å². The summed E-state index contributed by atoms with van der Waals surface area (Å²) in [7, 11) is 0. The predicted octanol–water partition coefficient (Wildman–Crippen LogP) is 2.12. The molecule has 0 aromatic carbocycles. The molecule has 5 fully saturated rings. The summed E-state index contributed by atoms with van der Waals surface area (Å²) in [6, 6.07) is 0. The standard InChI is InChI=1S/C26H40O8/c1-12-10-14(33-24-21(30)19(28)20(29)22(34-24)23(31)32)11-13-4-5-15-16-6-7-18(27)25(16,2)9-8-17(15)26(12,13)3/h12-17,19-22,24,28-30H,4-11H2,1-3H3,(H,31,32)/t12-,13-,14+,15-,16-,17-,19-,20-,21+,22-,24+,25-,26-/m0/s1. The Labute approximate surface area is 201 Å². The lowest BCUT2D eigenvalue weighted by Gasteiger charge is -2.62. The van der Waals surface area contributed by atoms with Gasteiger partial charge >= 0.3 is 5.97 Å². The highest BCUT2D eigenvalue weighted by molar-refractivity contribution is 5.87. The highest BCUT2D eigenvalue weighted by atomic mass is 16.7. The van der Waals surface area contributed by atoms with Gasteiger partial charge < -0.3 is 29.9 Å². The van der Waals surface area contributed by atoms with E-state index in [0.29, 0.717) is 35.4 Å². The molecule has 0 spiro atoms. The molecule has 0 radical (unpaired) electrons. The summed E-state index contributed by atoms with van der Waals surface area (Å²) in [5.74, 6) is 1.56. The maximum absolute atomic E-state index is 12.7. The number of aliphatic hydroxyl groups is 3. The Morgan fingerprint density at radius 3 is 2.44 bits per heavy atom. The summed E-state index contributed by atoms with van der Waals surface area (Å²) in [6.45, 7) is 6.91. The van der Waals surface area contributed by atoms with E-state index in [2.05, 4.69) is 20.8 Å². The van der Waals surface area contributed by atoms with Crippen LogP contribution in [0.1, 0.15) is 72.1 Å². The van der Waals surface area contributed by atoms with Crippen molar-refractivity contribution >= 4 is 11.8 Å². The van der Waals surface area contributed by atoms with Gasteiger partial charge in [0.25, 0.3) is 0 Å². The van der Waals surface area contributed by atoms with Crippen LogP contribution in [0.2, 0.25) is 0 Å². The molecular weight excluding hydrogens is 440 g/mol. The first-order valence-electron chi connectivity index (χ1n) is 13.1. The fraction of sp³-hybridized carbons (Fsp3) is 0.923. The molecule has 0 bridgehead atoms. The van der Waals surface area contributed by atoms with E-state index in [4.69, 9.17) is 9.47 Å². The van der Waals surface area contributed by atoms with E-state index < -0.39 is 36.7 Å². The third-order valence-electron chi connectivity index (χ3n) is 11.0. The number of carbonyl (C=O) groups is 2. The number of hydrogen-bond acceptors (Lipinski definition) is 7. The molecule has 0 unspecified atom stereocenters. The van der Waals surface area contributed by atoms with Gasteiger partial charge in [0.2, 0.25) is 0 Å². The summed E-state index contributed by atoms with van der Waals surface area (Å²) in [6.07, 6.45) is -0.395. The molecule has 0 amide bonds. The highest BCUT2D eigenvalue weighted by Gasteiger charge is 2.62. The topological polar surface area (TPSA) is 134 Å². The van der Waals surface area contributed by atoms with Crippen molar-refractivity contribution in [3.63, 3.8) is 0 Å². The maximum Gasteiger partial charge on any atom is 0.335 e. The SMILES string of the molecule is C[C@H]1C[C@@H](O[C@@H]2O[C@H](C(=O)O)[C@@H](O)[C@H](O)[C@H]2O)C[C@@H]2CC[C@@H]3[C@H](CC[C@]4(C)C(=O)CC[C@@H]34)[C@]21C. The number of carboxylic acids is 1.